The SMILES string of the molecule is CC1(C)CNCc2cc(Nc3ncc4cc(C#N)c(=O)n(C5CCCC5)c4n3)ccc21. The van der Waals surface area contributed by atoms with Crippen LogP contribution in [-0.2, 0) is 12.0 Å². The largest absolute Gasteiger partial charge is 0.324 e. The summed E-state index contributed by atoms with van der Waals surface area (Å²) >= 11 is 0. The molecule has 2 N–H and O–H groups in total. The lowest BCUT2D eigenvalue weighted by molar-refractivity contribution is 0.435. The van der Waals surface area contributed by atoms with Gasteiger partial charge in [0.25, 0.3) is 5.56 Å². The van der Waals surface area contributed by atoms with Gasteiger partial charge in [-0.15, -0.1) is 0 Å². The van der Waals surface area contributed by atoms with Crippen molar-refractivity contribution in [2.45, 2.75) is 57.5 Å². The first kappa shape index (κ1) is 19.7. The summed E-state index contributed by atoms with van der Waals surface area (Å²) in [5.41, 5.74) is 4.12. The molecule has 7 nitrogen and oxygen atoms in total. The van der Waals surface area contributed by atoms with Crippen molar-refractivity contribution in [2.75, 3.05) is 11.9 Å². The Morgan fingerprint density at radius 2 is 2.06 bits per heavy atom. The second-order valence-electron chi connectivity index (χ2n) is 9.24. The molecule has 1 fully saturated rings. The predicted molar refractivity (Wildman–Crippen MR) is 120 cm³/mol. The molecule has 1 saturated carbocycles. The molecule has 0 spiro atoms. The van der Waals surface area contributed by atoms with Crippen molar-refractivity contribution in [3.63, 3.8) is 0 Å². The molecule has 0 bridgehead atoms. The van der Waals surface area contributed by atoms with E-state index in [0.717, 1.165) is 44.5 Å². The first-order chi connectivity index (χ1) is 15.0. The summed E-state index contributed by atoms with van der Waals surface area (Å²) < 4.78 is 1.72. The Balaban J connectivity index is 1.55. The van der Waals surface area contributed by atoms with Crippen LogP contribution in [0.4, 0.5) is 11.6 Å². The second-order valence-corrected chi connectivity index (χ2v) is 9.24. The van der Waals surface area contributed by atoms with Gasteiger partial charge in [-0.05, 0) is 42.2 Å². The van der Waals surface area contributed by atoms with E-state index in [1.807, 2.05) is 6.07 Å². The van der Waals surface area contributed by atoms with E-state index in [-0.39, 0.29) is 22.6 Å². The standard InChI is InChI=1S/C24H26N6O/c1-24(2)14-26-12-16-10-18(7-8-20(16)24)28-23-27-13-17-9-15(11-25)22(31)30(21(17)29-23)19-5-3-4-6-19/h7-10,13,19,26H,3-6,12,14H2,1-2H3,(H,27,28,29). The van der Waals surface area contributed by atoms with Gasteiger partial charge in [-0.25, -0.2) is 4.98 Å². The molecule has 3 heterocycles. The van der Waals surface area contributed by atoms with Crippen molar-refractivity contribution < 1.29 is 0 Å². The van der Waals surface area contributed by atoms with E-state index in [9.17, 15) is 10.1 Å². The van der Waals surface area contributed by atoms with E-state index < -0.39 is 0 Å². The molecule has 7 heteroatoms. The predicted octanol–water partition coefficient (Wildman–Crippen LogP) is 3.90. The van der Waals surface area contributed by atoms with Crippen molar-refractivity contribution in [3.8, 4) is 6.07 Å². The molecule has 158 valence electrons. The van der Waals surface area contributed by atoms with E-state index in [0.29, 0.717) is 17.0 Å². The lowest BCUT2D eigenvalue weighted by Crippen LogP contribution is -2.38. The van der Waals surface area contributed by atoms with Crippen LogP contribution >= 0.6 is 0 Å². The second kappa shape index (κ2) is 7.47. The highest BCUT2D eigenvalue weighted by Crippen LogP contribution is 2.33. The van der Waals surface area contributed by atoms with Crippen LogP contribution in [0.15, 0.2) is 35.3 Å². The Kier molecular flexibility index (Phi) is 4.75. The number of rotatable bonds is 3. The fourth-order valence-electron chi connectivity index (χ4n) is 4.97. The van der Waals surface area contributed by atoms with Crippen LogP contribution in [0.3, 0.4) is 0 Å². The Morgan fingerprint density at radius 3 is 2.84 bits per heavy atom. The zero-order chi connectivity index (χ0) is 21.6. The van der Waals surface area contributed by atoms with Gasteiger partial charge >= 0.3 is 0 Å². The van der Waals surface area contributed by atoms with E-state index in [4.69, 9.17) is 4.98 Å². The average Bonchev–Trinajstić information content (AvgIpc) is 3.27. The van der Waals surface area contributed by atoms with E-state index >= 15 is 0 Å². The summed E-state index contributed by atoms with van der Waals surface area (Å²) in [7, 11) is 0. The quantitative estimate of drug-likeness (QED) is 0.675. The monoisotopic (exact) mass is 414 g/mol. The summed E-state index contributed by atoms with van der Waals surface area (Å²) in [6.45, 7) is 6.29. The smallest absolute Gasteiger partial charge is 0.270 e. The van der Waals surface area contributed by atoms with Gasteiger partial charge in [-0.3, -0.25) is 9.36 Å². The first-order valence-corrected chi connectivity index (χ1v) is 10.9. The van der Waals surface area contributed by atoms with Crippen LogP contribution in [0.25, 0.3) is 11.0 Å². The van der Waals surface area contributed by atoms with E-state index in [2.05, 4.69) is 47.7 Å². The maximum absolute atomic E-state index is 12.9. The molecule has 3 aromatic rings. The Labute approximate surface area is 181 Å². The number of nitrogens with zero attached hydrogens (tertiary/aromatic N) is 4. The number of benzene rings is 1. The molecule has 5 rings (SSSR count). The molecule has 0 saturated heterocycles. The molecule has 1 aliphatic carbocycles. The fourth-order valence-corrected chi connectivity index (χ4v) is 4.97. The fraction of sp³-hybridized carbons (Fsp3) is 0.417. The Hall–Kier alpha value is -3.24. The molecule has 31 heavy (non-hydrogen) atoms. The van der Waals surface area contributed by atoms with Crippen LogP contribution in [-0.4, -0.2) is 21.1 Å². The van der Waals surface area contributed by atoms with Gasteiger partial charge in [-0.1, -0.05) is 32.8 Å². The molecule has 1 aliphatic heterocycles. The minimum Gasteiger partial charge on any atom is -0.324 e. The number of hydrogen-bond acceptors (Lipinski definition) is 6. The molecule has 2 aliphatic rings. The van der Waals surface area contributed by atoms with Crippen molar-refractivity contribution in [2.24, 2.45) is 0 Å². The minimum absolute atomic E-state index is 0.0862. The van der Waals surface area contributed by atoms with Gasteiger partial charge in [0.2, 0.25) is 5.95 Å². The zero-order valence-corrected chi connectivity index (χ0v) is 17.9. The van der Waals surface area contributed by atoms with Crippen LogP contribution in [0.1, 0.15) is 62.3 Å². The van der Waals surface area contributed by atoms with Crippen molar-refractivity contribution >= 4 is 22.7 Å². The molecular weight excluding hydrogens is 388 g/mol. The molecular formula is C24H26N6O. The third kappa shape index (κ3) is 3.47. The van der Waals surface area contributed by atoms with Gasteiger partial charge < -0.3 is 10.6 Å². The lowest BCUT2D eigenvalue weighted by Gasteiger charge is -2.33. The van der Waals surface area contributed by atoms with Gasteiger partial charge in [0.05, 0.1) is 0 Å². The average molecular weight is 415 g/mol. The molecule has 0 amide bonds. The molecule has 2 aromatic heterocycles. The Bertz CT molecular complexity index is 1260. The van der Waals surface area contributed by atoms with Crippen molar-refractivity contribution in [1.82, 2.24) is 19.9 Å². The van der Waals surface area contributed by atoms with Gasteiger partial charge in [0.15, 0.2) is 0 Å². The summed E-state index contributed by atoms with van der Waals surface area (Å²) in [5.74, 6) is 0.450. The third-order valence-electron chi connectivity index (χ3n) is 6.56. The first-order valence-electron chi connectivity index (χ1n) is 10.9. The van der Waals surface area contributed by atoms with Crippen LogP contribution < -0.4 is 16.2 Å². The number of aromatic nitrogens is 3. The highest BCUT2D eigenvalue weighted by Gasteiger charge is 2.27. The minimum atomic E-state index is -0.256. The van der Waals surface area contributed by atoms with Crippen LogP contribution in [0.5, 0.6) is 0 Å². The normalized spacial score (nSPS) is 18.0. The lowest BCUT2D eigenvalue weighted by atomic mass is 9.79. The van der Waals surface area contributed by atoms with E-state index in [1.165, 1.54) is 11.1 Å². The molecule has 0 radical (unpaired) electrons. The zero-order valence-electron chi connectivity index (χ0n) is 17.9. The number of nitrogens with one attached hydrogen (secondary N) is 2. The number of hydrogen-bond donors (Lipinski definition) is 2. The summed E-state index contributed by atoms with van der Waals surface area (Å²) in [5, 5.41) is 16.9. The topological polar surface area (TPSA) is 95.6 Å². The highest BCUT2D eigenvalue weighted by atomic mass is 16.1. The number of pyridine rings is 1. The number of fused-ring (bicyclic) bond motifs is 2. The Morgan fingerprint density at radius 1 is 1.26 bits per heavy atom. The molecule has 0 atom stereocenters. The van der Waals surface area contributed by atoms with Crippen molar-refractivity contribution in [1.29, 1.82) is 5.26 Å². The number of anilines is 2. The summed E-state index contributed by atoms with van der Waals surface area (Å²) in [6, 6.07) is 10.1. The highest BCUT2D eigenvalue weighted by molar-refractivity contribution is 5.77. The van der Waals surface area contributed by atoms with Crippen LogP contribution in [0.2, 0.25) is 0 Å². The maximum Gasteiger partial charge on any atom is 0.270 e. The van der Waals surface area contributed by atoms with Gasteiger partial charge in [0, 0.05) is 41.8 Å². The van der Waals surface area contributed by atoms with Crippen molar-refractivity contribution in [3.05, 3.63) is 57.5 Å². The van der Waals surface area contributed by atoms with Gasteiger partial charge in [0.1, 0.15) is 17.3 Å². The van der Waals surface area contributed by atoms with Gasteiger partial charge in [-0.2, -0.15) is 10.2 Å². The van der Waals surface area contributed by atoms with E-state index in [1.54, 1.807) is 16.8 Å². The molecule has 0 unspecified atom stereocenters. The number of nitriles is 1. The third-order valence-corrected chi connectivity index (χ3v) is 6.56. The summed E-state index contributed by atoms with van der Waals surface area (Å²) in [4.78, 5) is 22.1. The maximum atomic E-state index is 12.9. The summed E-state index contributed by atoms with van der Waals surface area (Å²) in [6.07, 6.45) is 5.74. The molecule has 1 aromatic carbocycles. The van der Waals surface area contributed by atoms with Crippen LogP contribution in [0, 0.1) is 11.3 Å².